The van der Waals surface area contributed by atoms with E-state index < -0.39 is 12.2 Å². The third-order valence-corrected chi connectivity index (χ3v) is 4.28. The average molecular weight is 292 g/mol. The number of nitrogens with one attached hydrogen (secondary N) is 1. The van der Waals surface area contributed by atoms with Gasteiger partial charge >= 0.3 is 0 Å². The molecule has 0 aromatic rings. The molecule has 1 saturated heterocycles. The summed E-state index contributed by atoms with van der Waals surface area (Å²) in [4.78, 5) is 1.75. The maximum absolute atomic E-state index is 12.7. The van der Waals surface area contributed by atoms with Crippen molar-refractivity contribution in [3.05, 3.63) is 0 Å². The van der Waals surface area contributed by atoms with Crippen LogP contribution in [0.15, 0.2) is 0 Å². The number of halogens is 2. The Morgan fingerprint density at radius 3 is 2.65 bits per heavy atom. The van der Waals surface area contributed by atoms with Crippen molar-refractivity contribution < 1.29 is 18.3 Å². The van der Waals surface area contributed by atoms with E-state index in [1.807, 2.05) is 0 Å². The molecule has 2 rings (SSSR count). The standard InChI is InChI=1S/C14H26F2N2O2/c1-3-6-17-11-4-5-14(19-7-8-20-14)9-12(11)18(2)10-13(15)16/h11-13,17H,3-10H2,1-2H3. The van der Waals surface area contributed by atoms with Crippen LogP contribution in [0, 0.1) is 0 Å². The van der Waals surface area contributed by atoms with Crippen LogP contribution in [0.5, 0.6) is 0 Å². The molecule has 1 heterocycles. The third kappa shape index (κ3) is 3.87. The van der Waals surface area contributed by atoms with E-state index in [1.54, 1.807) is 11.9 Å². The van der Waals surface area contributed by atoms with Gasteiger partial charge in [-0.3, -0.25) is 4.90 Å². The number of hydrogen-bond acceptors (Lipinski definition) is 4. The molecule has 2 atom stereocenters. The Morgan fingerprint density at radius 2 is 2.05 bits per heavy atom. The number of rotatable bonds is 6. The van der Waals surface area contributed by atoms with Crippen LogP contribution < -0.4 is 5.32 Å². The van der Waals surface area contributed by atoms with E-state index in [1.165, 1.54) is 0 Å². The van der Waals surface area contributed by atoms with Gasteiger partial charge in [-0.05, 0) is 26.4 Å². The van der Waals surface area contributed by atoms with E-state index >= 15 is 0 Å². The highest BCUT2D eigenvalue weighted by molar-refractivity contribution is 4.96. The van der Waals surface area contributed by atoms with E-state index in [0.29, 0.717) is 19.6 Å². The van der Waals surface area contributed by atoms with Crippen molar-refractivity contribution in [2.45, 2.75) is 56.9 Å². The lowest BCUT2D eigenvalue weighted by atomic mass is 9.84. The molecule has 2 unspecified atom stereocenters. The van der Waals surface area contributed by atoms with E-state index in [-0.39, 0.29) is 18.6 Å². The Hall–Kier alpha value is -0.300. The van der Waals surface area contributed by atoms with Crippen molar-refractivity contribution in [2.75, 3.05) is 33.4 Å². The first-order valence-corrected chi connectivity index (χ1v) is 7.56. The smallest absolute Gasteiger partial charge is 0.251 e. The predicted molar refractivity (Wildman–Crippen MR) is 73.0 cm³/mol. The summed E-state index contributed by atoms with van der Waals surface area (Å²) in [5.41, 5.74) is 0. The fourth-order valence-electron chi connectivity index (χ4n) is 3.27. The molecule has 1 aliphatic carbocycles. The van der Waals surface area contributed by atoms with Gasteiger partial charge in [0, 0.05) is 24.9 Å². The number of nitrogens with zero attached hydrogens (tertiary/aromatic N) is 1. The van der Waals surface area contributed by atoms with Crippen LogP contribution in [0.3, 0.4) is 0 Å². The van der Waals surface area contributed by atoms with Crippen LogP contribution >= 0.6 is 0 Å². The number of ether oxygens (including phenoxy) is 2. The van der Waals surface area contributed by atoms with Crippen LogP contribution in [0.1, 0.15) is 32.6 Å². The Labute approximate surface area is 119 Å². The summed E-state index contributed by atoms with van der Waals surface area (Å²) in [6.45, 7) is 4.04. The Kier molecular flexibility index (Phi) is 5.72. The molecule has 0 radical (unpaired) electrons. The van der Waals surface area contributed by atoms with Crippen molar-refractivity contribution in [3.8, 4) is 0 Å². The monoisotopic (exact) mass is 292 g/mol. The number of hydrogen-bond donors (Lipinski definition) is 1. The van der Waals surface area contributed by atoms with E-state index in [9.17, 15) is 8.78 Å². The Balaban J connectivity index is 2.01. The maximum atomic E-state index is 12.7. The molecular formula is C14H26F2N2O2. The van der Waals surface area contributed by atoms with E-state index in [2.05, 4.69) is 12.2 Å². The second-order valence-corrected chi connectivity index (χ2v) is 5.81. The van der Waals surface area contributed by atoms with E-state index in [4.69, 9.17) is 9.47 Å². The fourth-order valence-corrected chi connectivity index (χ4v) is 3.27. The van der Waals surface area contributed by atoms with Crippen molar-refractivity contribution in [2.24, 2.45) is 0 Å². The molecule has 118 valence electrons. The van der Waals surface area contributed by atoms with Crippen molar-refractivity contribution in [1.82, 2.24) is 10.2 Å². The van der Waals surface area contributed by atoms with Crippen LogP contribution in [0.25, 0.3) is 0 Å². The van der Waals surface area contributed by atoms with Gasteiger partial charge in [0.25, 0.3) is 6.43 Å². The number of likely N-dealkylation sites (N-methyl/N-ethyl adjacent to an activating group) is 1. The lowest BCUT2D eigenvalue weighted by Crippen LogP contribution is -2.57. The minimum Gasteiger partial charge on any atom is -0.347 e. The van der Waals surface area contributed by atoms with Crippen LogP contribution in [-0.2, 0) is 9.47 Å². The molecule has 6 heteroatoms. The van der Waals surface area contributed by atoms with Gasteiger partial charge in [0.2, 0.25) is 0 Å². The zero-order valence-corrected chi connectivity index (χ0v) is 12.4. The molecule has 20 heavy (non-hydrogen) atoms. The predicted octanol–water partition coefficient (Wildman–Crippen LogP) is 1.85. The van der Waals surface area contributed by atoms with Gasteiger partial charge in [0.1, 0.15) is 0 Å². The molecule has 0 aromatic carbocycles. The molecule has 0 bridgehead atoms. The first kappa shape index (κ1) is 16.1. The van der Waals surface area contributed by atoms with Crippen LogP contribution in [0.4, 0.5) is 8.78 Å². The van der Waals surface area contributed by atoms with Gasteiger partial charge < -0.3 is 14.8 Å². The summed E-state index contributed by atoms with van der Waals surface area (Å²) in [6.07, 6.45) is 1.14. The van der Waals surface area contributed by atoms with Crippen molar-refractivity contribution >= 4 is 0 Å². The lowest BCUT2D eigenvalue weighted by Gasteiger charge is -2.45. The molecule has 0 amide bonds. The first-order valence-electron chi connectivity index (χ1n) is 7.56. The molecule has 2 aliphatic rings. The second kappa shape index (κ2) is 7.11. The molecule has 1 N–H and O–H groups in total. The molecule has 0 aromatic heterocycles. The quantitative estimate of drug-likeness (QED) is 0.810. The summed E-state index contributed by atoms with van der Waals surface area (Å²) in [6, 6.07) is 0.263. The van der Waals surface area contributed by atoms with Gasteiger partial charge in [-0.25, -0.2) is 8.78 Å². The fraction of sp³-hybridized carbons (Fsp3) is 1.00. The third-order valence-electron chi connectivity index (χ3n) is 4.28. The highest BCUT2D eigenvalue weighted by Gasteiger charge is 2.46. The van der Waals surface area contributed by atoms with E-state index in [0.717, 1.165) is 25.8 Å². The molecular weight excluding hydrogens is 266 g/mol. The maximum Gasteiger partial charge on any atom is 0.251 e. The molecule has 1 aliphatic heterocycles. The summed E-state index contributed by atoms with van der Waals surface area (Å²) in [5.74, 6) is -0.536. The van der Waals surface area contributed by atoms with Gasteiger partial charge in [-0.15, -0.1) is 0 Å². The molecule has 1 spiro atoms. The summed E-state index contributed by atoms with van der Waals surface area (Å²) in [7, 11) is 1.77. The van der Waals surface area contributed by atoms with Gasteiger partial charge in [-0.1, -0.05) is 6.92 Å². The van der Waals surface area contributed by atoms with Crippen molar-refractivity contribution in [1.29, 1.82) is 0 Å². The lowest BCUT2D eigenvalue weighted by molar-refractivity contribution is -0.193. The van der Waals surface area contributed by atoms with Gasteiger partial charge in [0.05, 0.1) is 19.8 Å². The zero-order valence-electron chi connectivity index (χ0n) is 12.4. The Bertz CT molecular complexity index is 299. The molecule has 1 saturated carbocycles. The SMILES string of the molecule is CCCNC1CCC2(CC1N(C)CC(F)F)OCCO2. The largest absolute Gasteiger partial charge is 0.347 e. The summed E-state index contributed by atoms with van der Waals surface area (Å²) in [5, 5.41) is 3.48. The minimum absolute atomic E-state index is 0.0300. The van der Waals surface area contributed by atoms with Gasteiger partial charge in [0.15, 0.2) is 5.79 Å². The van der Waals surface area contributed by atoms with Crippen molar-refractivity contribution in [3.63, 3.8) is 0 Å². The molecule has 4 nitrogen and oxygen atoms in total. The normalized spacial score (nSPS) is 29.7. The summed E-state index contributed by atoms with van der Waals surface area (Å²) < 4.78 is 36.8. The van der Waals surface area contributed by atoms with Crippen LogP contribution in [0.2, 0.25) is 0 Å². The van der Waals surface area contributed by atoms with Gasteiger partial charge in [-0.2, -0.15) is 0 Å². The average Bonchev–Trinajstić information content (AvgIpc) is 2.85. The van der Waals surface area contributed by atoms with Crippen LogP contribution in [-0.4, -0.2) is 62.5 Å². The Morgan fingerprint density at radius 1 is 1.35 bits per heavy atom. The highest BCUT2D eigenvalue weighted by atomic mass is 19.3. The first-order chi connectivity index (χ1) is 9.56. The highest BCUT2D eigenvalue weighted by Crippen LogP contribution is 2.37. The topological polar surface area (TPSA) is 33.7 Å². The number of alkyl halides is 2. The second-order valence-electron chi connectivity index (χ2n) is 5.81. The summed E-state index contributed by atoms with van der Waals surface area (Å²) >= 11 is 0. The zero-order chi connectivity index (χ0) is 14.6. The minimum atomic E-state index is -2.31. The molecule has 2 fully saturated rings.